The Morgan fingerprint density at radius 1 is 1.13 bits per heavy atom. The van der Waals surface area contributed by atoms with Crippen LogP contribution in [0.3, 0.4) is 0 Å². The van der Waals surface area contributed by atoms with Gasteiger partial charge in [0.25, 0.3) is 5.91 Å². The third-order valence-electron chi connectivity index (χ3n) is 6.73. The number of carbonyl (C=O) groups is 2. The smallest absolute Gasteiger partial charge is 0.318 e. The summed E-state index contributed by atoms with van der Waals surface area (Å²) in [6.45, 7) is 9.65. The SMILES string of the molecule is COc1ccccc1C1CC(c2ccccc2Cl)=NN1C(=O)CN(CCN1CCOCC1)C(=O)NC(C)(C)C. The van der Waals surface area contributed by atoms with Crippen LogP contribution >= 0.6 is 11.6 Å². The molecule has 0 bridgehead atoms. The first-order chi connectivity index (χ1) is 18.7. The van der Waals surface area contributed by atoms with Gasteiger partial charge in [-0.1, -0.05) is 48.0 Å². The van der Waals surface area contributed by atoms with Crippen LogP contribution in [0.25, 0.3) is 0 Å². The Morgan fingerprint density at radius 3 is 2.51 bits per heavy atom. The number of carbonyl (C=O) groups excluding carboxylic acids is 2. The molecule has 9 nitrogen and oxygen atoms in total. The summed E-state index contributed by atoms with van der Waals surface area (Å²) >= 11 is 6.50. The van der Waals surface area contributed by atoms with E-state index in [1.165, 1.54) is 5.01 Å². The fourth-order valence-corrected chi connectivity index (χ4v) is 5.00. The molecule has 0 spiro atoms. The predicted octanol–water partition coefficient (Wildman–Crippen LogP) is 4.17. The van der Waals surface area contributed by atoms with E-state index in [0.29, 0.717) is 49.2 Å². The van der Waals surface area contributed by atoms with Gasteiger partial charge in [-0.2, -0.15) is 5.10 Å². The summed E-state index contributed by atoms with van der Waals surface area (Å²) in [5.74, 6) is 0.393. The van der Waals surface area contributed by atoms with E-state index in [1.807, 2.05) is 69.3 Å². The number of nitrogens with one attached hydrogen (secondary N) is 1. The second-order valence-corrected chi connectivity index (χ2v) is 11.2. The van der Waals surface area contributed by atoms with E-state index in [4.69, 9.17) is 26.2 Å². The van der Waals surface area contributed by atoms with Crippen molar-refractivity contribution in [3.05, 3.63) is 64.7 Å². The van der Waals surface area contributed by atoms with E-state index in [9.17, 15) is 9.59 Å². The molecule has 0 saturated carbocycles. The van der Waals surface area contributed by atoms with Crippen LogP contribution < -0.4 is 10.1 Å². The van der Waals surface area contributed by atoms with E-state index in [-0.39, 0.29) is 18.5 Å². The highest BCUT2D eigenvalue weighted by molar-refractivity contribution is 6.34. The summed E-state index contributed by atoms with van der Waals surface area (Å²) in [4.78, 5) is 31.0. The van der Waals surface area contributed by atoms with E-state index in [0.717, 1.165) is 24.2 Å². The van der Waals surface area contributed by atoms with E-state index < -0.39 is 11.6 Å². The zero-order valence-corrected chi connectivity index (χ0v) is 23.9. The zero-order chi connectivity index (χ0) is 28.0. The Morgan fingerprint density at radius 2 is 1.82 bits per heavy atom. The predicted molar refractivity (Wildman–Crippen MR) is 152 cm³/mol. The number of ether oxygens (including phenoxy) is 2. The lowest BCUT2D eigenvalue weighted by molar-refractivity contribution is -0.133. The molecule has 0 radical (unpaired) electrons. The summed E-state index contributed by atoms with van der Waals surface area (Å²) in [5.41, 5.74) is 1.89. The van der Waals surface area contributed by atoms with Crippen molar-refractivity contribution < 1.29 is 19.1 Å². The van der Waals surface area contributed by atoms with Gasteiger partial charge in [-0.25, -0.2) is 9.80 Å². The largest absolute Gasteiger partial charge is 0.496 e. The third kappa shape index (κ3) is 7.50. The number of hydrazone groups is 1. The van der Waals surface area contributed by atoms with Crippen molar-refractivity contribution in [2.24, 2.45) is 5.10 Å². The number of rotatable bonds is 8. The topological polar surface area (TPSA) is 86.7 Å². The van der Waals surface area contributed by atoms with Gasteiger partial charge in [-0.15, -0.1) is 0 Å². The van der Waals surface area contributed by atoms with Crippen molar-refractivity contribution in [1.29, 1.82) is 0 Å². The van der Waals surface area contributed by atoms with Crippen molar-refractivity contribution in [3.8, 4) is 5.75 Å². The van der Waals surface area contributed by atoms with Gasteiger partial charge in [0.05, 0.1) is 32.1 Å². The summed E-state index contributed by atoms with van der Waals surface area (Å²) < 4.78 is 11.1. The first kappa shape index (κ1) is 28.9. The Balaban J connectivity index is 1.61. The second kappa shape index (κ2) is 12.8. The molecule has 1 fully saturated rings. The molecule has 39 heavy (non-hydrogen) atoms. The molecule has 0 aromatic heterocycles. The normalized spacial score (nSPS) is 18.0. The van der Waals surface area contributed by atoms with Crippen LogP contribution in [0, 0.1) is 0 Å². The van der Waals surface area contributed by atoms with Crippen molar-refractivity contribution >= 4 is 29.3 Å². The Hall–Kier alpha value is -3.14. The molecule has 2 heterocycles. The van der Waals surface area contributed by atoms with Crippen molar-refractivity contribution in [1.82, 2.24) is 20.1 Å². The zero-order valence-electron chi connectivity index (χ0n) is 23.2. The number of methoxy groups -OCH3 is 1. The van der Waals surface area contributed by atoms with Crippen LogP contribution in [0.5, 0.6) is 5.75 Å². The van der Waals surface area contributed by atoms with Crippen LogP contribution in [-0.2, 0) is 9.53 Å². The van der Waals surface area contributed by atoms with Crippen molar-refractivity contribution in [2.75, 3.05) is 53.0 Å². The number of halogens is 1. The van der Waals surface area contributed by atoms with Crippen LogP contribution in [0.2, 0.25) is 5.02 Å². The maximum Gasteiger partial charge on any atom is 0.318 e. The first-order valence-electron chi connectivity index (χ1n) is 13.3. The molecular formula is C29H38ClN5O4. The molecule has 0 aliphatic carbocycles. The van der Waals surface area contributed by atoms with Gasteiger partial charge in [-0.05, 0) is 32.9 Å². The molecule has 2 aromatic carbocycles. The van der Waals surface area contributed by atoms with Crippen LogP contribution in [0.15, 0.2) is 53.6 Å². The third-order valence-corrected chi connectivity index (χ3v) is 7.06. The Kier molecular flexibility index (Phi) is 9.48. The Labute approximate surface area is 235 Å². The van der Waals surface area contributed by atoms with Gasteiger partial charge in [-0.3, -0.25) is 9.69 Å². The lowest BCUT2D eigenvalue weighted by Gasteiger charge is -2.33. The van der Waals surface area contributed by atoms with Gasteiger partial charge >= 0.3 is 6.03 Å². The van der Waals surface area contributed by atoms with Crippen LogP contribution in [-0.4, -0.2) is 91.0 Å². The standard InChI is InChI=1S/C29H38ClN5O4/c1-29(2,3)31-28(37)34(14-13-33-15-17-39-18-16-33)20-27(36)35-25(22-10-6-8-12-26(22)38-4)19-24(32-35)21-9-5-7-11-23(21)30/h5-12,25H,13-20H2,1-4H3,(H,31,37). The van der Waals surface area contributed by atoms with Crippen molar-refractivity contribution in [3.63, 3.8) is 0 Å². The molecule has 2 aliphatic heterocycles. The number of hydrogen-bond donors (Lipinski definition) is 1. The molecule has 210 valence electrons. The molecule has 1 atom stereocenters. The fraction of sp³-hybridized carbons (Fsp3) is 0.483. The lowest BCUT2D eigenvalue weighted by atomic mass is 9.97. The number of para-hydroxylation sites is 1. The minimum absolute atomic E-state index is 0.114. The minimum Gasteiger partial charge on any atom is -0.496 e. The highest BCUT2D eigenvalue weighted by Crippen LogP contribution is 2.38. The summed E-state index contributed by atoms with van der Waals surface area (Å²) in [5, 5.41) is 9.83. The number of nitrogens with zero attached hydrogens (tertiary/aromatic N) is 4. The molecule has 1 N–H and O–H groups in total. The average molecular weight is 556 g/mol. The maximum atomic E-state index is 13.9. The summed E-state index contributed by atoms with van der Waals surface area (Å²) in [6.07, 6.45) is 0.470. The van der Waals surface area contributed by atoms with Gasteiger partial charge in [0.2, 0.25) is 0 Å². The number of benzene rings is 2. The van der Waals surface area contributed by atoms with E-state index in [1.54, 1.807) is 12.0 Å². The summed E-state index contributed by atoms with van der Waals surface area (Å²) in [6, 6.07) is 14.4. The van der Waals surface area contributed by atoms with Gasteiger partial charge in [0.15, 0.2) is 0 Å². The number of morpholine rings is 1. The molecular weight excluding hydrogens is 518 g/mol. The summed E-state index contributed by atoms with van der Waals surface area (Å²) in [7, 11) is 1.61. The Bertz CT molecular complexity index is 1190. The molecule has 1 saturated heterocycles. The molecule has 1 unspecified atom stereocenters. The maximum absolute atomic E-state index is 13.9. The van der Waals surface area contributed by atoms with Crippen LogP contribution in [0.1, 0.15) is 44.4 Å². The first-order valence-corrected chi connectivity index (χ1v) is 13.7. The lowest BCUT2D eigenvalue weighted by Crippen LogP contribution is -2.53. The number of amides is 3. The quantitative estimate of drug-likeness (QED) is 0.528. The van der Waals surface area contributed by atoms with Gasteiger partial charge in [0, 0.05) is 54.3 Å². The highest BCUT2D eigenvalue weighted by atomic mass is 35.5. The molecule has 10 heteroatoms. The van der Waals surface area contributed by atoms with E-state index in [2.05, 4.69) is 10.2 Å². The number of hydrogen-bond acceptors (Lipinski definition) is 6. The minimum atomic E-state index is -0.444. The molecule has 2 aliphatic rings. The van der Waals surface area contributed by atoms with Gasteiger partial charge < -0.3 is 19.7 Å². The monoisotopic (exact) mass is 555 g/mol. The van der Waals surface area contributed by atoms with Crippen molar-refractivity contribution in [2.45, 2.75) is 38.8 Å². The highest BCUT2D eigenvalue weighted by Gasteiger charge is 2.36. The average Bonchev–Trinajstić information content (AvgIpc) is 3.36. The van der Waals surface area contributed by atoms with Gasteiger partial charge in [0.1, 0.15) is 12.3 Å². The molecule has 3 amide bonds. The van der Waals surface area contributed by atoms with Crippen LogP contribution in [0.4, 0.5) is 4.79 Å². The molecule has 4 rings (SSSR count). The number of urea groups is 1. The van der Waals surface area contributed by atoms with E-state index >= 15 is 0 Å². The fourth-order valence-electron chi connectivity index (χ4n) is 4.76. The second-order valence-electron chi connectivity index (χ2n) is 10.8. The molecule has 2 aromatic rings.